The first-order valence-electron chi connectivity index (χ1n) is 5.69. The molecule has 2 aromatic rings. The van der Waals surface area contributed by atoms with Gasteiger partial charge in [0.2, 0.25) is 5.89 Å². The number of aromatic nitrogens is 3. The van der Waals surface area contributed by atoms with Crippen molar-refractivity contribution in [3.63, 3.8) is 0 Å². The zero-order valence-corrected chi connectivity index (χ0v) is 10.7. The molecule has 0 aliphatic carbocycles. The Hall–Kier alpha value is -1.62. The van der Waals surface area contributed by atoms with Crippen molar-refractivity contribution >= 4 is 0 Å². The van der Waals surface area contributed by atoms with Crippen LogP contribution in [0.4, 0.5) is 0 Å². The van der Waals surface area contributed by atoms with Gasteiger partial charge in [-0.3, -0.25) is 4.68 Å². The smallest absolute Gasteiger partial charge is 0.208 e. The second-order valence-corrected chi connectivity index (χ2v) is 4.23. The molecule has 92 valence electrons. The summed E-state index contributed by atoms with van der Waals surface area (Å²) in [5, 5.41) is 7.50. The SMILES string of the molecule is Cc1nc(CNCc2cnn(C)c2C)oc1C. The van der Waals surface area contributed by atoms with E-state index in [1.54, 1.807) is 0 Å². The summed E-state index contributed by atoms with van der Waals surface area (Å²) < 4.78 is 7.36. The molecule has 0 aliphatic heterocycles. The van der Waals surface area contributed by atoms with Crippen LogP contribution in [-0.2, 0) is 20.1 Å². The normalized spacial score (nSPS) is 11.1. The van der Waals surface area contributed by atoms with Crippen molar-refractivity contribution in [2.24, 2.45) is 7.05 Å². The van der Waals surface area contributed by atoms with Gasteiger partial charge in [0.1, 0.15) is 5.76 Å². The van der Waals surface area contributed by atoms with E-state index in [0.29, 0.717) is 6.54 Å². The minimum atomic E-state index is 0.642. The summed E-state index contributed by atoms with van der Waals surface area (Å²) >= 11 is 0. The van der Waals surface area contributed by atoms with Gasteiger partial charge in [-0.25, -0.2) is 4.98 Å². The third kappa shape index (κ3) is 2.55. The van der Waals surface area contributed by atoms with Gasteiger partial charge in [0, 0.05) is 24.8 Å². The number of oxazole rings is 1. The van der Waals surface area contributed by atoms with Crippen LogP contribution in [0.15, 0.2) is 10.6 Å². The van der Waals surface area contributed by atoms with Crippen LogP contribution in [0, 0.1) is 20.8 Å². The van der Waals surface area contributed by atoms with Crippen LogP contribution >= 0.6 is 0 Å². The predicted octanol–water partition coefficient (Wildman–Crippen LogP) is 1.62. The van der Waals surface area contributed by atoms with Gasteiger partial charge in [-0.15, -0.1) is 0 Å². The highest BCUT2D eigenvalue weighted by Gasteiger charge is 2.06. The fourth-order valence-electron chi connectivity index (χ4n) is 1.64. The van der Waals surface area contributed by atoms with Gasteiger partial charge < -0.3 is 9.73 Å². The van der Waals surface area contributed by atoms with Gasteiger partial charge in [0.15, 0.2) is 0 Å². The van der Waals surface area contributed by atoms with E-state index in [1.165, 1.54) is 11.3 Å². The molecule has 2 rings (SSSR count). The lowest BCUT2D eigenvalue weighted by atomic mass is 10.2. The molecule has 0 fully saturated rings. The lowest BCUT2D eigenvalue weighted by Crippen LogP contribution is -2.13. The zero-order chi connectivity index (χ0) is 12.4. The molecule has 0 saturated heterocycles. The van der Waals surface area contributed by atoms with E-state index in [9.17, 15) is 0 Å². The largest absolute Gasteiger partial charge is 0.444 e. The molecule has 0 unspecified atom stereocenters. The molecule has 0 amide bonds. The summed E-state index contributed by atoms with van der Waals surface area (Å²) in [4.78, 5) is 4.32. The second-order valence-electron chi connectivity index (χ2n) is 4.23. The van der Waals surface area contributed by atoms with E-state index in [0.717, 1.165) is 23.9 Å². The molecule has 2 heterocycles. The summed E-state index contributed by atoms with van der Waals surface area (Å²) in [5.74, 6) is 1.63. The average molecular weight is 234 g/mol. The van der Waals surface area contributed by atoms with Gasteiger partial charge >= 0.3 is 0 Å². The minimum absolute atomic E-state index is 0.642. The van der Waals surface area contributed by atoms with Crippen molar-refractivity contribution in [3.8, 4) is 0 Å². The highest BCUT2D eigenvalue weighted by atomic mass is 16.4. The van der Waals surface area contributed by atoms with Crippen LogP contribution in [0.25, 0.3) is 0 Å². The Kier molecular flexibility index (Phi) is 3.28. The van der Waals surface area contributed by atoms with E-state index < -0.39 is 0 Å². The van der Waals surface area contributed by atoms with E-state index in [1.807, 2.05) is 31.8 Å². The maximum absolute atomic E-state index is 5.49. The molecular weight excluding hydrogens is 216 g/mol. The van der Waals surface area contributed by atoms with Gasteiger partial charge in [-0.05, 0) is 20.8 Å². The lowest BCUT2D eigenvalue weighted by Gasteiger charge is -2.01. The Morgan fingerprint density at radius 1 is 1.29 bits per heavy atom. The predicted molar refractivity (Wildman–Crippen MR) is 64.5 cm³/mol. The quantitative estimate of drug-likeness (QED) is 0.873. The standard InChI is InChI=1S/C12H18N4O/c1-8-10(3)17-12(15-8)7-13-5-11-6-14-16(4)9(11)2/h6,13H,5,7H2,1-4H3. The Balaban J connectivity index is 1.89. The first-order chi connectivity index (χ1) is 8.08. The number of rotatable bonds is 4. The first-order valence-corrected chi connectivity index (χ1v) is 5.69. The third-order valence-electron chi connectivity index (χ3n) is 3.00. The molecule has 0 aromatic carbocycles. The van der Waals surface area contributed by atoms with E-state index in [-0.39, 0.29) is 0 Å². The maximum atomic E-state index is 5.49. The maximum Gasteiger partial charge on any atom is 0.208 e. The van der Waals surface area contributed by atoms with Crippen LogP contribution in [-0.4, -0.2) is 14.8 Å². The first kappa shape index (κ1) is 11.9. The van der Waals surface area contributed by atoms with E-state index >= 15 is 0 Å². The Morgan fingerprint density at radius 2 is 2.06 bits per heavy atom. The number of hydrogen-bond acceptors (Lipinski definition) is 4. The molecule has 17 heavy (non-hydrogen) atoms. The minimum Gasteiger partial charge on any atom is -0.444 e. The highest BCUT2D eigenvalue weighted by molar-refractivity contribution is 5.15. The van der Waals surface area contributed by atoms with Crippen LogP contribution in [0.2, 0.25) is 0 Å². The fraction of sp³-hybridized carbons (Fsp3) is 0.500. The topological polar surface area (TPSA) is 55.9 Å². The van der Waals surface area contributed by atoms with Crippen LogP contribution in [0.3, 0.4) is 0 Å². The second kappa shape index (κ2) is 4.71. The Morgan fingerprint density at radius 3 is 2.59 bits per heavy atom. The molecule has 1 N–H and O–H groups in total. The molecule has 0 aliphatic rings. The zero-order valence-electron chi connectivity index (χ0n) is 10.7. The van der Waals surface area contributed by atoms with Crippen LogP contribution in [0.1, 0.15) is 28.6 Å². The van der Waals surface area contributed by atoms with Crippen LogP contribution in [0.5, 0.6) is 0 Å². The number of nitrogens with one attached hydrogen (secondary N) is 1. The molecule has 0 saturated carbocycles. The highest BCUT2D eigenvalue weighted by Crippen LogP contribution is 2.09. The molecule has 5 heteroatoms. The van der Waals surface area contributed by atoms with Crippen molar-refractivity contribution in [1.29, 1.82) is 0 Å². The summed E-state index contributed by atoms with van der Waals surface area (Å²) in [6.45, 7) is 7.36. The van der Waals surface area contributed by atoms with Crippen molar-refractivity contribution < 1.29 is 4.42 Å². The Bertz CT molecular complexity index is 493. The molecule has 0 atom stereocenters. The summed E-state index contributed by atoms with van der Waals surface area (Å²) in [5.41, 5.74) is 3.34. The summed E-state index contributed by atoms with van der Waals surface area (Å²) in [6, 6.07) is 0. The molecule has 2 aromatic heterocycles. The van der Waals surface area contributed by atoms with Crippen LogP contribution < -0.4 is 5.32 Å². The Labute approximate surface area is 101 Å². The third-order valence-corrected chi connectivity index (χ3v) is 3.00. The van der Waals surface area contributed by atoms with Gasteiger partial charge in [0.05, 0.1) is 18.4 Å². The van der Waals surface area contributed by atoms with Crippen molar-refractivity contribution in [2.75, 3.05) is 0 Å². The summed E-state index contributed by atoms with van der Waals surface area (Å²) in [6.07, 6.45) is 1.88. The number of nitrogens with zero attached hydrogens (tertiary/aromatic N) is 3. The number of hydrogen-bond donors (Lipinski definition) is 1. The number of aryl methyl sites for hydroxylation is 3. The fourth-order valence-corrected chi connectivity index (χ4v) is 1.64. The van der Waals surface area contributed by atoms with Crippen molar-refractivity contribution in [2.45, 2.75) is 33.9 Å². The molecule has 0 bridgehead atoms. The molecule has 5 nitrogen and oxygen atoms in total. The molecule has 0 radical (unpaired) electrons. The monoisotopic (exact) mass is 234 g/mol. The van der Waals surface area contributed by atoms with Crippen molar-refractivity contribution in [1.82, 2.24) is 20.1 Å². The molecular formula is C12H18N4O. The van der Waals surface area contributed by atoms with Gasteiger partial charge in [-0.1, -0.05) is 0 Å². The average Bonchev–Trinajstić information content (AvgIpc) is 2.76. The van der Waals surface area contributed by atoms with E-state index in [2.05, 4.69) is 22.3 Å². The van der Waals surface area contributed by atoms with E-state index in [4.69, 9.17) is 4.42 Å². The molecule has 0 spiro atoms. The lowest BCUT2D eigenvalue weighted by molar-refractivity contribution is 0.448. The van der Waals surface area contributed by atoms with Crippen molar-refractivity contribution in [3.05, 3.63) is 34.8 Å². The summed E-state index contributed by atoms with van der Waals surface area (Å²) in [7, 11) is 1.94. The van der Waals surface area contributed by atoms with Gasteiger partial charge in [-0.2, -0.15) is 5.10 Å². The van der Waals surface area contributed by atoms with Gasteiger partial charge in [0.25, 0.3) is 0 Å².